The Kier molecular flexibility index (Phi) is 2.66. The van der Waals surface area contributed by atoms with E-state index < -0.39 is 0 Å². The van der Waals surface area contributed by atoms with Crippen LogP contribution in [0, 0.1) is 16.7 Å². The van der Waals surface area contributed by atoms with Gasteiger partial charge < -0.3 is 0 Å². The van der Waals surface area contributed by atoms with Gasteiger partial charge in [0.05, 0.1) is 0 Å². The molecule has 0 bridgehead atoms. The first-order chi connectivity index (χ1) is 3.12. The fourth-order valence-electron chi connectivity index (χ4n) is 0.0323. The van der Waals surface area contributed by atoms with E-state index in [-0.39, 0.29) is 5.41 Å². The van der Waals surface area contributed by atoms with Crippen LogP contribution >= 0.6 is 0 Å². The van der Waals surface area contributed by atoms with Crippen molar-refractivity contribution in [1.82, 2.24) is 0 Å². The van der Waals surface area contributed by atoms with Crippen LogP contribution in [0.2, 0.25) is 4.47 Å². The molecule has 0 rings (SSSR count). The molecule has 0 aromatic rings. The summed E-state index contributed by atoms with van der Waals surface area (Å²) in [6.07, 6.45) is 0. The monoisotopic (exact) mass is 212 g/mol. The summed E-state index contributed by atoms with van der Waals surface area (Å²) in [5, 5.41) is 8.35. The number of hydrogen-bond acceptors (Lipinski definition) is 1. The average Bonchev–Trinajstić information content (AvgIpc) is 1.68. The predicted molar refractivity (Wildman–Crippen MR) is 30.0 cm³/mol. The predicted octanol–water partition coefficient (Wildman–Crippen LogP) is 1.12. The third-order valence-electron chi connectivity index (χ3n) is 0.664. The normalized spacial score (nSPS) is 10.6. The fraction of sp³-hybridized carbons (Fsp3) is 0.800. The second-order valence-corrected chi connectivity index (χ2v) is 2.96. The van der Waals surface area contributed by atoms with Crippen molar-refractivity contribution in [2.75, 3.05) is 0 Å². The fourth-order valence-corrected chi connectivity index (χ4v) is 0.217. The molecule has 0 atom stereocenters. The Morgan fingerprint density at radius 2 is 2.14 bits per heavy atom. The van der Waals surface area contributed by atoms with Gasteiger partial charge in [0.25, 0.3) is 0 Å². The van der Waals surface area contributed by atoms with Gasteiger partial charge in [-0.3, -0.25) is 0 Å². The van der Waals surface area contributed by atoms with Crippen LogP contribution in [0.15, 0.2) is 0 Å². The molecule has 0 aromatic heterocycles. The maximum absolute atomic E-state index is 8.35. The molecule has 7 heavy (non-hydrogen) atoms. The molecule has 1 nitrogen and oxygen atoms in total. The second-order valence-electron chi connectivity index (χ2n) is 2.14. The Bertz CT molecular complexity index is 90.7. The summed E-state index contributed by atoms with van der Waals surface area (Å²) in [5.74, 6) is 0. The standard InChI is InChI=1S/C5H8NTe/c1-5(2,3-6)4-7/h4H2,1-2H3. The first kappa shape index (κ1) is 7.28. The van der Waals surface area contributed by atoms with Crippen molar-refractivity contribution in [2.24, 2.45) is 5.41 Å². The van der Waals surface area contributed by atoms with E-state index in [9.17, 15) is 0 Å². The summed E-state index contributed by atoms with van der Waals surface area (Å²) in [4.78, 5) is 0. The Balaban J connectivity index is 3.66. The summed E-state index contributed by atoms with van der Waals surface area (Å²) >= 11 is 1.95. The van der Waals surface area contributed by atoms with Crippen LogP contribution in [0.3, 0.4) is 0 Å². The summed E-state index contributed by atoms with van der Waals surface area (Å²) in [7, 11) is 0. The summed E-state index contributed by atoms with van der Waals surface area (Å²) in [6, 6.07) is 2.19. The van der Waals surface area contributed by atoms with Gasteiger partial charge in [-0.15, -0.1) is 0 Å². The topological polar surface area (TPSA) is 23.8 Å². The van der Waals surface area contributed by atoms with E-state index in [1.807, 2.05) is 36.1 Å². The quantitative estimate of drug-likeness (QED) is 0.594. The minimum absolute atomic E-state index is 0.107. The van der Waals surface area contributed by atoms with Crippen LogP contribution in [-0.4, -0.2) is 22.3 Å². The zero-order chi connectivity index (χ0) is 5.91. The average molecular weight is 210 g/mol. The Morgan fingerprint density at radius 1 is 1.71 bits per heavy atom. The van der Waals surface area contributed by atoms with Gasteiger partial charge in [0.15, 0.2) is 0 Å². The van der Waals surface area contributed by atoms with Gasteiger partial charge in [-0.1, -0.05) is 0 Å². The molecule has 0 N–H and O–H groups in total. The molecule has 2 heteroatoms. The van der Waals surface area contributed by atoms with Crippen molar-refractivity contribution in [3.05, 3.63) is 0 Å². The van der Waals surface area contributed by atoms with E-state index in [1.165, 1.54) is 0 Å². The number of nitriles is 1. The van der Waals surface area contributed by atoms with Gasteiger partial charge in [0.2, 0.25) is 0 Å². The molecule has 39 valence electrons. The van der Waals surface area contributed by atoms with Crippen molar-refractivity contribution < 1.29 is 0 Å². The summed E-state index contributed by atoms with van der Waals surface area (Å²) in [5.41, 5.74) is -0.107. The zero-order valence-corrected chi connectivity index (χ0v) is 6.89. The van der Waals surface area contributed by atoms with Gasteiger partial charge in [-0.25, -0.2) is 0 Å². The van der Waals surface area contributed by atoms with E-state index in [1.54, 1.807) is 0 Å². The van der Waals surface area contributed by atoms with E-state index in [0.717, 1.165) is 4.47 Å². The first-order valence-electron chi connectivity index (χ1n) is 2.12. The number of nitrogens with zero attached hydrogens (tertiary/aromatic N) is 1. The third kappa shape index (κ3) is 2.92. The molecule has 0 aliphatic heterocycles. The van der Waals surface area contributed by atoms with Gasteiger partial charge in [-0.2, -0.15) is 0 Å². The number of rotatable bonds is 1. The van der Waals surface area contributed by atoms with Crippen molar-refractivity contribution in [2.45, 2.75) is 18.3 Å². The van der Waals surface area contributed by atoms with Gasteiger partial charge >= 0.3 is 57.4 Å². The summed E-state index contributed by atoms with van der Waals surface area (Å²) < 4.78 is 0.944. The Labute approximate surface area is 57.6 Å². The van der Waals surface area contributed by atoms with Crippen LogP contribution < -0.4 is 0 Å². The van der Waals surface area contributed by atoms with E-state index in [0.29, 0.717) is 0 Å². The molecule has 0 aliphatic rings. The third-order valence-corrected chi connectivity index (χ3v) is 2.72. The van der Waals surface area contributed by atoms with Crippen molar-refractivity contribution in [3.63, 3.8) is 0 Å². The van der Waals surface area contributed by atoms with Crippen LogP contribution in [0.5, 0.6) is 0 Å². The minimum atomic E-state index is -0.107. The molecule has 0 amide bonds. The van der Waals surface area contributed by atoms with E-state index in [4.69, 9.17) is 5.26 Å². The summed E-state index contributed by atoms with van der Waals surface area (Å²) in [6.45, 7) is 3.88. The van der Waals surface area contributed by atoms with Crippen LogP contribution in [0.1, 0.15) is 13.8 Å². The van der Waals surface area contributed by atoms with Crippen molar-refractivity contribution in [1.29, 1.82) is 5.26 Å². The SMILES string of the molecule is CC(C)(C#N)C[Te]. The van der Waals surface area contributed by atoms with E-state index in [2.05, 4.69) is 6.07 Å². The molecule has 0 aliphatic carbocycles. The van der Waals surface area contributed by atoms with Gasteiger partial charge in [0, 0.05) is 0 Å². The van der Waals surface area contributed by atoms with Crippen molar-refractivity contribution in [3.8, 4) is 6.07 Å². The maximum atomic E-state index is 8.35. The van der Waals surface area contributed by atoms with Crippen molar-refractivity contribution >= 4 is 22.3 Å². The molecule has 0 aromatic carbocycles. The Morgan fingerprint density at radius 3 is 2.14 bits per heavy atom. The molecule has 0 unspecified atom stereocenters. The molecule has 0 saturated heterocycles. The molecule has 1 radical (unpaired) electrons. The molecular weight excluding hydrogens is 202 g/mol. The van der Waals surface area contributed by atoms with Crippen LogP contribution in [0.4, 0.5) is 0 Å². The van der Waals surface area contributed by atoms with Crippen LogP contribution in [-0.2, 0) is 0 Å². The molecule has 0 heterocycles. The molecule has 0 spiro atoms. The van der Waals surface area contributed by atoms with E-state index >= 15 is 0 Å². The van der Waals surface area contributed by atoms with Crippen LogP contribution in [0.25, 0.3) is 0 Å². The van der Waals surface area contributed by atoms with Gasteiger partial charge in [-0.05, 0) is 0 Å². The number of hydrogen-bond donors (Lipinski definition) is 0. The van der Waals surface area contributed by atoms with Gasteiger partial charge in [0.1, 0.15) is 0 Å². The second kappa shape index (κ2) is 2.55. The molecule has 0 fully saturated rings. The first-order valence-corrected chi connectivity index (χ1v) is 3.76. The molecule has 0 saturated carbocycles. The molecular formula is C5H8NTe. The zero-order valence-electron chi connectivity index (χ0n) is 4.56. The Hall–Kier alpha value is 0.280.